The van der Waals surface area contributed by atoms with Crippen molar-refractivity contribution in [2.45, 2.75) is 48.8 Å². The maximum absolute atomic E-state index is 12.7. The van der Waals surface area contributed by atoms with E-state index in [2.05, 4.69) is 13.6 Å². The lowest BCUT2D eigenvalue weighted by atomic mass is 9.48. The van der Waals surface area contributed by atoms with Crippen molar-refractivity contribution in [3.05, 3.63) is 35.9 Å². The third-order valence-electron chi connectivity index (χ3n) is 7.45. The Balaban J connectivity index is 0.00000168. The summed E-state index contributed by atoms with van der Waals surface area (Å²) in [6.07, 6.45) is 3.47. The lowest BCUT2D eigenvalue weighted by molar-refractivity contribution is -0.944. The van der Waals surface area contributed by atoms with E-state index < -0.39 is 17.1 Å². The molecule has 0 radical (unpaired) electrons. The van der Waals surface area contributed by atoms with Gasteiger partial charge in [-0.3, -0.25) is 4.79 Å². The average Bonchev–Trinajstić information content (AvgIpc) is 2.93. The summed E-state index contributed by atoms with van der Waals surface area (Å²) < 4.78 is 6.76. The molecule has 0 aromatic heterocycles. The van der Waals surface area contributed by atoms with Crippen LogP contribution >= 0.6 is 0 Å². The van der Waals surface area contributed by atoms with Crippen LogP contribution in [-0.2, 0) is 16.6 Å². The molecule has 26 heavy (non-hydrogen) atoms. The number of carbonyl (C=O) groups excluding carboxylic acids is 1. The van der Waals surface area contributed by atoms with Gasteiger partial charge in [0.2, 0.25) is 0 Å². The van der Waals surface area contributed by atoms with Crippen LogP contribution in [0.1, 0.15) is 30.4 Å². The Bertz CT molecular complexity index is 826. The van der Waals surface area contributed by atoms with E-state index in [1.807, 2.05) is 12.1 Å². The van der Waals surface area contributed by atoms with E-state index in [9.17, 15) is 15.0 Å². The lowest BCUT2D eigenvalue weighted by Gasteiger charge is -2.64. The molecule has 2 fully saturated rings. The largest absolute Gasteiger partial charge is 1.00 e. The van der Waals surface area contributed by atoms with Crippen molar-refractivity contribution < 1.29 is 48.2 Å². The van der Waals surface area contributed by atoms with Crippen molar-refractivity contribution in [1.82, 2.24) is 0 Å². The molecule has 4 aliphatic rings. The molecule has 1 saturated heterocycles. The third kappa shape index (κ3) is 1.81. The highest BCUT2D eigenvalue weighted by Crippen LogP contribution is 2.65. The normalized spacial score (nSPS) is 41.7. The molecule has 5 atom stereocenters. The monoisotopic (exact) mass is 469 g/mol. The molecule has 2 heterocycles. The summed E-state index contributed by atoms with van der Waals surface area (Å²) in [5, 5.41) is 22.3. The number of likely N-dealkylation sites (N-methyl/N-ethyl adjacent to an activating group) is 1. The predicted molar refractivity (Wildman–Crippen MR) is 91.6 cm³/mol. The van der Waals surface area contributed by atoms with E-state index in [4.69, 9.17) is 4.74 Å². The highest BCUT2D eigenvalue weighted by atomic mass is 127. The van der Waals surface area contributed by atoms with Gasteiger partial charge in [-0.2, -0.15) is 0 Å². The number of ketones is 1. The van der Waals surface area contributed by atoms with Gasteiger partial charge in [0.1, 0.15) is 11.6 Å². The van der Waals surface area contributed by atoms with Gasteiger partial charge in [0.25, 0.3) is 0 Å². The topological polar surface area (TPSA) is 66.8 Å². The predicted octanol–water partition coefficient (Wildman–Crippen LogP) is -1.55. The number of hydrogen-bond donors (Lipinski definition) is 2. The van der Waals surface area contributed by atoms with Gasteiger partial charge in [-0.25, -0.2) is 0 Å². The maximum Gasteiger partial charge on any atom is 0.174 e. The van der Waals surface area contributed by atoms with Crippen molar-refractivity contribution in [2.75, 3.05) is 20.1 Å². The van der Waals surface area contributed by atoms with Crippen LogP contribution in [0, 0.1) is 0 Å². The van der Waals surface area contributed by atoms with E-state index in [0.29, 0.717) is 25.0 Å². The number of halogens is 1. The van der Waals surface area contributed by atoms with Crippen molar-refractivity contribution in [2.24, 2.45) is 0 Å². The van der Waals surface area contributed by atoms with Gasteiger partial charge in [-0.05, 0) is 24.1 Å². The van der Waals surface area contributed by atoms with Crippen molar-refractivity contribution >= 4 is 5.78 Å². The SMILES string of the molecule is C=CC[N@+]1(C)CC[C@]23c4c5ccc(O)c4O[C@H]2C(=O)CC[C@@]3(O)[C@H]1C5.[I-]. The number of quaternary nitrogens is 1. The first-order valence-corrected chi connectivity index (χ1v) is 9.09. The summed E-state index contributed by atoms with van der Waals surface area (Å²) in [6, 6.07) is 3.60. The number of likely N-dealkylation sites (tertiary alicyclic amines) is 1. The number of carbonyl (C=O) groups is 1. The van der Waals surface area contributed by atoms with Crippen molar-refractivity contribution in [1.29, 1.82) is 0 Å². The Morgan fingerprint density at radius 1 is 1.42 bits per heavy atom. The number of aliphatic hydroxyl groups is 1. The molecule has 140 valence electrons. The van der Waals surface area contributed by atoms with Crippen LogP contribution < -0.4 is 28.7 Å². The molecule has 1 aromatic carbocycles. The molecule has 5 nitrogen and oxygen atoms in total. The molecule has 0 amide bonds. The van der Waals surface area contributed by atoms with Crippen LogP contribution in [0.5, 0.6) is 11.5 Å². The fraction of sp³-hybridized carbons (Fsp3) is 0.550. The van der Waals surface area contributed by atoms with Crippen molar-refractivity contribution in [3.63, 3.8) is 0 Å². The van der Waals surface area contributed by atoms with Gasteiger partial charge in [0, 0.05) is 24.8 Å². The molecule has 1 aromatic rings. The summed E-state index contributed by atoms with van der Waals surface area (Å²) in [7, 11) is 2.19. The number of ether oxygens (including phenoxy) is 1. The number of piperidine rings is 1. The number of phenolic OH excluding ortho intramolecular Hbond substituents is 1. The quantitative estimate of drug-likeness (QED) is 0.313. The van der Waals surface area contributed by atoms with E-state index in [1.54, 1.807) is 6.07 Å². The fourth-order valence-corrected chi connectivity index (χ4v) is 6.34. The number of aromatic hydroxyl groups is 1. The molecular formula is C20H24INO4. The molecule has 1 spiro atoms. The minimum absolute atomic E-state index is 0. The summed E-state index contributed by atoms with van der Waals surface area (Å²) in [5.41, 5.74) is 0.295. The number of rotatable bonds is 2. The van der Waals surface area contributed by atoms with Crippen LogP contribution in [0.15, 0.2) is 24.8 Å². The Morgan fingerprint density at radius 2 is 2.19 bits per heavy atom. The fourth-order valence-electron chi connectivity index (χ4n) is 6.34. The Hall–Kier alpha value is -1.12. The first-order valence-electron chi connectivity index (χ1n) is 9.09. The van der Waals surface area contributed by atoms with E-state index in [0.717, 1.165) is 35.1 Å². The number of hydrogen-bond acceptors (Lipinski definition) is 4. The number of Topliss-reactive ketones (excluding diaryl/α,β-unsaturated/α-hetero) is 1. The number of nitrogens with zero attached hydrogens (tertiary/aromatic N) is 1. The molecule has 5 rings (SSSR count). The van der Waals surface area contributed by atoms with Crippen LogP contribution in [0.3, 0.4) is 0 Å². The second-order valence-corrected chi connectivity index (χ2v) is 8.45. The van der Waals surface area contributed by atoms with Gasteiger partial charge in [-0.1, -0.05) is 12.6 Å². The summed E-state index contributed by atoms with van der Waals surface area (Å²) in [5.74, 6) is 0.547. The maximum atomic E-state index is 12.7. The Morgan fingerprint density at radius 3 is 2.92 bits per heavy atom. The minimum Gasteiger partial charge on any atom is -1.00 e. The molecule has 1 saturated carbocycles. The molecule has 2 N–H and O–H groups in total. The molecule has 6 heteroatoms. The zero-order valence-electron chi connectivity index (χ0n) is 14.9. The summed E-state index contributed by atoms with van der Waals surface area (Å²) in [6.45, 7) is 5.57. The smallest absolute Gasteiger partial charge is 0.174 e. The zero-order valence-corrected chi connectivity index (χ0v) is 17.0. The third-order valence-corrected chi connectivity index (χ3v) is 7.45. The average molecular weight is 469 g/mol. The number of benzene rings is 1. The Kier molecular flexibility index (Phi) is 3.83. The van der Waals surface area contributed by atoms with E-state index in [1.165, 1.54) is 0 Å². The molecule has 2 aliphatic heterocycles. The first kappa shape index (κ1) is 18.3. The first-order chi connectivity index (χ1) is 11.9. The molecule has 2 aliphatic carbocycles. The Labute approximate surface area is 170 Å². The van der Waals surface area contributed by atoms with Gasteiger partial charge in [0.15, 0.2) is 23.4 Å². The number of phenols is 1. The van der Waals surface area contributed by atoms with Crippen LogP contribution in [0.2, 0.25) is 0 Å². The van der Waals surface area contributed by atoms with Gasteiger partial charge >= 0.3 is 0 Å². The highest BCUT2D eigenvalue weighted by molar-refractivity contribution is 5.90. The molecular weight excluding hydrogens is 445 g/mol. The minimum atomic E-state index is -0.992. The molecule has 2 bridgehead atoms. The standard InChI is InChI=1S/C20H23NO4.HI/c1-3-9-21(2)10-8-19-16-12-4-5-13(22)17(16)25-18(19)14(23)6-7-20(19,24)15(21)11-12;/h3-5,15,18,24H,1,6-11H2,2H3;1H/t15-,18+,19+,20-,21-;/m1./s1. The van der Waals surface area contributed by atoms with Gasteiger partial charge in [0.05, 0.1) is 25.6 Å². The second-order valence-electron chi connectivity index (χ2n) is 8.45. The zero-order chi connectivity index (χ0) is 17.6. The van der Waals surface area contributed by atoms with Gasteiger partial charge in [-0.15, -0.1) is 0 Å². The second kappa shape index (κ2) is 5.45. The summed E-state index contributed by atoms with van der Waals surface area (Å²) in [4.78, 5) is 12.7. The van der Waals surface area contributed by atoms with Crippen molar-refractivity contribution in [3.8, 4) is 11.5 Å². The van der Waals surface area contributed by atoms with E-state index >= 15 is 0 Å². The summed E-state index contributed by atoms with van der Waals surface area (Å²) >= 11 is 0. The highest BCUT2D eigenvalue weighted by Gasteiger charge is 2.76. The molecule has 0 unspecified atom stereocenters. The van der Waals surface area contributed by atoms with Crippen LogP contribution in [0.25, 0.3) is 0 Å². The van der Waals surface area contributed by atoms with Crippen LogP contribution in [-0.4, -0.2) is 58.4 Å². The lowest BCUT2D eigenvalue weighted by Crippen LogP contribution is -3.00. The van der Waals surface area contributed by atoms with Crippen LogP contribution in [0.4, 0.5) is 0 Å². The van der Waals surface area contributed by atoms with Gasteiger partial charge < -0.3 is 43.4 Å². The van der Waals surface area contributed by atoms with E-state index in [-0.39, 0.29) is 41.6 Å².